The summed E-state index contributed by atoms with van der Waals surface area (Å²) in [6, 6.07) is 9.86. The Morgan fingerprint density at radius 2 is 1.62 bits per heavy atom. The summed E-state index contributed by atoms with van der Waals surface area (Å²) in [5, 5.41) is 2.72. The van der Waals surface area contributed by atoms with Gasteiger partial charge < -0.3 is 5.32 Å². The Kier molecular flexibility index (Phi) is 4.90. The van der Waals surface area contributed by atoms with Crippen molar-refractivity contribution in [3.8, 4) is 0 Å². The molecule has 0 heterocycles. The van der Waals surface area contributed by atoms with Crippen molar-refractivity contribution in [2.75, 3.05) is 7.05 Å². The molecule has 0 amide bonds. The predicted molar refractivity (Wildman–Crippen MR) is 74.7 cm³/mol. The summed E-state index contributed by atoms with van der Waals surface area (Å²) in [4.78, 5) is 1.15. The Bertz CT molecular complexity index is 608. The highest BCUT2D eigenvalue weighted by molar-refractivity contribution is 7.99. The molecule has 112 valence electrons. The van der Waals surface area contributed by atoms with Crippen LogP contribution in [0.1, 0.15) is 11.1 Å². The van der Waals surface area contributed by atoms with Gasteiger partial charge >= 0.3 is 6.18 Å². The molecule has 1 nitrogen and oxygen atoms in total. The molecule has 0 aromatic heterocycles. The maximum Gasteiger partial charge on any atom is 0.416 e. The van der Waals surface area contributed by atoms with Crippen molar-refractivity contribution in [1.29, 1.82) is 0 Å². The zero-order valence-electron chi connectivity index (χ0n) is 11.2. The SMILES string of the molecule is CNCc1ccc(Sc2ccc(F)cc2)cc1C(F)(F)F. The lowest BCUT2D eigenvalue weighted by molar-refractivity contribution is -0.138. The number of rotatable bonds is 4. The van der Waals surface area contributed by atoms with Crippen molar-refractivity contribution in [2.24, 2.45) is 0 Å². The van der Waals surface area contributed by atoms with Gasteiger partial charge in [0.15, 0.2) is 0 Å². The van der Waals surface area contributed by atoms with Crippen LogP contribution in [0, 0.1) is 5.82 Å². The smallest absolute Gasteiger partial charge is 0.316 e. The van der Waals surface area contributed by atoms with Crippen molar-refractivity contribution in [3.05, 3.63) is 59.4 Å². The first-order valence-corrected chi connectivity index (χ1v) is 7.00. The van der Waals surface area contributed by atoms with E-state index in [0.717, 1.165) is 6.07 Å². The van der Waals surface area contributed by atoms with E-state index in [1.165, 1.54) is 42.1 Å². The van der Waals surface area contributed by atoms with Crippen LogP contribution in [-0.2, 0) is 12.7 Å². The Hall–Kier alpha value is -1.53. The minimum atomic E-state index is -4.40. The fraction of sp³-hybridized carbons (Fsp3) is 0.200. The van der Waals surface area contributed by atoms with Crippen LogP contribution in [0.25, 0.3) is 0 Å². The topological polar surface area (TPSA) is 12.0 Å². The second-order valence-corrected chi connectivity index (χ2v) is 5.55. The van der Waals surface area contributed by atoms with Crippen molar-refractivity contribution in [1.82, 2.24) is 5.32 Å². The third-order valence-corrected chi connectivity index (χ3v) is 3.80. The number of hydrogen-bond acceptors (Lipinski definition) is 2. The molecule has 2 aromatic rings. The van der Waals surface area contributed by atoms with Crippen LogP contribution in [0.3, 0.4) is 0 Å². The van der Waals surface area contributed by atoms with Gasteiger partial charge in [0.05, 0.1) is 5.56 Å². The molecule has 0 spiro atoms. The lowest BCUT2D eigenvalue weighted by Crippen LogP contribution is -2.14. The molecule has 6 heteroatoms. The van der Waals surface area contributed by atoms with Crippen molar-refractivity contribution in [2.45, 2.75) is 22.5 Å². The highest BCUT2D eigenvalue weighted by Crippen LogP contribution is 2.36. The third-order valence-electron chi connectivity index (χ3n) is 2.80. The molecule has 2 rings (SSSR count). The van der Waals surface area contributed by atoms with E-state index in [-0.39, 0.29) is 17.9 Å². The Balaban J connectivity index is 2.31. The van der Waals surface area contributed by atoms with E-state index in [1.54, 1.807) is 13.1 Å². The van der Waals surface area contributed by atoms with E-state index in [1.807, 2.05) is 0 Å². The highest BCUT2D eigenvalue weighted by Gasteiger charge is 2.33. The van der Waals surface area contributed by atoms with Crippen LogP contribution in [0.2, 0.25) is 0 Å². The van der Waals surface area contributed by atoms with Gasteiger partial charge in [-0.1, -0.05) is 17.8 Å². The molecule has 0 aliphatic carbocycles. The maximum absolute atomic E-state index is 13.1. The molecule has 0 bridgehead atoms. The Labute approximate surface area is 124 Å². The molecule has 0 atom stereocenters. The van der Waals surface area contributed by atoms with Crippen LogP contribution in [-0.4, -0.2) is 7.05 Å². The van der Waals surface area contributed by atoms with E-state index in [2.05, 4.69) is 5.32 Å². The van der Waals surface area contributed by atoms with Crippen LogP contribution in [0.5, 0.6) is 0 Å². The third kappa shape index (κ3) is 4.22. The molecule has 0 saturated heterocycles. The number of nitrogens with one attached hydrogen (secondary N) is 1. The predicted octanol–water partition coefficient (Wildman–Crippen LogP) is 4.72. The van der Waals surface area contributed by atoms with Crippen molar-refractivity contribution < 1.29 is 17.6 Å². The summed E-state index contributed by atoms with van der Waals surface area (Å²) in [7, 11) is 1.60. The van der Waals surface area contributed by atoms with Gasteiger partial charge in [-0.05, 0) is 49.0 Å². The van der Waals surface area contributed by atoms with Gasteiger partial charge in [0.2, 0.25) is 0 Å². The van der Waals surface area contributed by atoms with E-state index in [0.29, 0.717) is 9.79 Å². The average Bonchev–Trinajstić information content (AvgIpc) is 2.42. The van der Waals surface area contributed by atoms with Crippen LogP contribution < -0.4 is 5.32 Å². The molecule has 0 radical (unpaired) electrons. The first-order chi connectivity index (χ1) is 9.90. The highest BCUT2D eigenvalue weighted by atomic mass is 32.2. The van der Waals surface area contributed by atoms with E-state index in [4.69, 9.17) is 0 Å². The summed E-state index contributed by atoms with van der Waals surface area (Å²) >= 11 is 1.17. The summed E-state index contributed by atoms with van der Waals surface area (Å²) in [6.45, 7) is 0.149. The minimum Gasteiger partial charge on any atom is -0.316 e. The van der Waals surface area contributed by atoms with Gasteiger partial charge in [-0.25, -0.2) is 4.39 Å². The minimum absolute atomic E-state index is 0.149. The Morgan fingerprint density at radius 3 is 2.19 bits per heavy atom. The van der Waals surface area contributed by atoms with Gasteiger partial charge in [-0.2, -0.15) is 13.2 Å². The monoisotopic (exact) mass is 315 g/mol. The summed E-state index contributed by atoms with van der Waals surface area (Å²) in [5.41, 5.74) is -0.447. The van der Waals surface area contributed by atoms with Gasteiger partial charge in [0.1, 0.15) is 5.82 Å². The van der Waals surface area contributed by atoms with Gasteiger partial charge in [0.25, 0.3) is 0 Å². The number of halogens is 4. The van der Waals surface area contributed by atoms with E-state index >= 15 is 0 Å². The molecule has 1 N–H and O–H groups in total. The lowest BCUT2D eigenvalue weighted by Gasteiger charge is -2.14. The number of benzene rings is 2. The van der Waals surface area contributed by atoms with Crippen LogP contribution in [0.15, 0.2) is 52.3 Å². The van der Waals surface area contributed by atoms with Gasteiger partial charge in [-0.15, -0.1) is 0 Å². The maximum atomic E-state index is 13.1. The van der Waals surface area contributed by atoms with Crippen molar-refractivity contribution in [3.63, 3.8) is 0 Å². The molecule has 0 fully saturated rings. The standard InChI is InChI=1S/C15H13F4NS/c1-20-9-10-2-5-13(8-14(10)15(17,18)19)21-12-6-3-11(16)4-7-12/h2-8,20H,9H2,1H3. The molecular formula is C15H13F4NS. The first kappa shape index (κ1) is 15.9. The molecular weight excluding hydrogens is 302 g/mol. The zero-order valence-corrected chi connectivity index (χ0v) is 12.0. The molecule has 0 aliphatic rings. The Morgan fingerprint density at radius 1 is 1.00 bits per heavy atom. The molecule has 0 saturated carbocycles. The number of alkyl halides is 3. The van der Waals surface area contributed by atoms with Gasteiger partial charge in [0, 0.05) is 16.3 Å². The molecule has 0 unspecified atom stereocenters. The first-order valence-electron chi connectivity index (χ1n) is 6.18. The average molecular weight is 315 g/mol. The second kappa shape index (κ2) is 6.49. The number of hydrogen-bond donors (Lipinski definition) is 1. The quantitative estimate of drug-likeness (QED) is 0.820. The largest absolute Gasteiger partial charge is 0.416 e. The van der Waals surface area contributed by atoms with E-state index < -0.39 is 11.7 Å². The zero-order chi connectivity index (χ0) is 15.5. The fourth-order valence-electron chi connectivity index (χ4n) is 1.87. The van der Waals surface area contributed by atoms with Crippen LogP contribution >= 0.6 is 11.8 Å². The summed E-state index contributed by atoms with van der Waals surface area (Å²) in [5.74, 6) is -0.375. The van der Waals surface area contributed by atoms with E-state index in [9.17, 15) is 17.6 Å². The molecule has 0 aliphatic heterocycles. The van der Waals surface area contributed by atoms with Gasteiger partial charge in [-0.3, -0.25) is 0 Å². The van der Waals surface area contributed by atoms with Crippen LogP contribution in [0.4, 0.5) is 17.6 Å². The summed E-state index contributed by atoms with van der Waals surface area (Å²) < 4.78 is 52.0. The normalized spacial score (nSPS) is 11.7. The van der Waals surface area contributed by atoms with Crippen molar-refractivity contribution >= 4 is 11.8 Å². The fourth-order valence-corrected chi connectivity index (χ4v) is 2.72. The molecule has 21 heavy (non-hydrogen) atoms. The summed E-state index contributed by atoms with van der Waals surface area (Å²) in [6.07, 6.45) is -4.40. The second-order valence-electron chi connectivity index (χ2n) is 4.40. The lowest BCUT2D eigenvalue weighted by atomic mass is 10.1. The molecule has 2 aromatic carbocycles.